The summed E-state index contributed by atoms with van der Waals surface area (Å²) in [5.41, 5.74) is 0.489. The molecule has 0 saturated heterocycles. The molecule has 0 radical (unpaired) electrons. The third kappa shape index (κ3) is 2.81. The van der Waals surface area contributed by atoms with Crippen molar-refractivity contribution in [1.29, 1.82) is 0 Å². The number of halogens is 1. The van der Waals surface area contributed by atoms with E-state index in [1.807, 2.05) is 0 Å². The Balaban J connectivity index is 2.33. The summed E-state index contributed by atoms with van der Waals surface area (Å²) in [5.74, 6) is -0.223. The van der Waals surface area contributed by atoms with E-state index < -0.39 is 12.1 Å². The molecule has 1 aromatic rings. The topological polar surface area (TPSA) is 55.8 Å². The van der Waals surface area contributed by atoms with Gasteiger partial charge < -0.3 is 9.47 Å². The fourth-order valence-electron chi connectivity index (χ4n) is 1.88. The molecular weight excluding hydrogens is 270 g/mol. The predicted octanol–water partition coefficient (Wildman–Crippen LogP) is 2.02. The molecule has 1 aliphatic heterocycles. The number of ether oxygens (including phenoxy) is 2. The van der Waals surface area contributed by atoms with Crippen LogP contribution in [0.4, 0.5) is 5.69 Å². The number of hydrogen-bond acceptors (Lipinski definition) is 4. The number of rotatable bonds is 3. The molecule has 1 aromatic carbocycles. The van der Waals surface area contributed by atoms with Gasteiger partial charge in [-0.2, -0.15) is 0 Å². The molecule has 0 unspecified atom stereocenters. The number of benzene rings is 1. The zero-order chi connectivity index (χ0) is 14.0. The molecule has 5 nitrogen and oxygen atoms in total. The fraction of sp³-hybridized carbons (Fsp3) is 0.385. The molecule has 1 aliphatic rings. The lowest BCUT2D eigenvalue weighted by Gasteiger charge is -2.32. The van der Waals surface area contributed by atoms with Gasteiger partial charge in [-0.05, 0) is 32.0 Å². The van der Waals surface area contributed by atoms with Gasteiger partial charge in [-0.1, -0.05) is 11.6 Å². The van der Waals surface area contributed by atoms with Crippen molar-refractivity contribution < 1.29 is 19.1 Å². The summed E-state index contributed by atoms with van der Waals surface area (Å²) in [4.78, 5) is 25.0. The molecule has 19 heavy (non-hydrogen) atoms. The van der Waals surface area contributed by atoms with Crippen LogP contribution in [0, 0.1) is 0 Å². The standard InChI is InChI=1S/C13H14ClNO4/c1-3-18-12(16)7-15-10-6-9(14)4-5-11(10)19-8(2)13(15)17/h4-6,8H,3,7H2,1-2H3/t8-/m1/s1. The first-order chi connectivity index (χ1) is 9.02. The van der Waals surface area contributed by atoms with Crippen molar-refractivity contribution in [2.24, 2.45) is 0 Å². The monoisotopic (exact) mass is 283 g/mol. The second kappa shape index (κ2) is 5.48. The maximum atomic E-state index is 12.1. The number of fused-ring (bicyclic) bond motifs is 1. The molecule has 1 atom stereocenters. The summed E-state index contributed by atoms with van der Waals surface area (Å²) in [6.45, 7) is 3.48. The number of hydrogen-bond donors (Lipinski definition) is 0. The van der Waals surface area contributed by atoms with E-state index in [0.717, 1.165) is 0 Å². The molecule has 0 fully saturated rings. The second-order valence-corrected chi connectivity index (χ2v) is 4.54. The number of nitrogens with zero attached hydrogens (tertiary/aromatic N) is 1. The van der Waals surface area contributed by atoms with Crippen LogP contribution in [0.1, 0.15) is 13.8 Å². The number of anilines is 1. The van der Waals surface area contributed by atoms with Gasteiger partial charge >= 0.3 is 5.97 Å². The van der Waals surface area contributed by atoms with Gasteiger partial charge in [-0.25, -0.2) is 0 Å². The molecule has 0 saturated carbocycles. The van der Waals surface area contributed by atoms with Crippen LogP contribution in [0.15, 0.2) is 18.2 Å². The molecule has 0 N–H and O–H groups in total. The van der Waals surface area contributed by atoms with E-state index in [9.17, 15) is 9.59 Å². The van der Waals surface area contributed by atoms with E-state index in [1.165, 1.54) is 4.90 Å². The van der Waals surface area contributed by atoms with Crippen molar-refractivity contribution in [1.82, 2.24) is 0 Å². The van der Waals surface area contributed by atoms with Crippen LogP contribution in [-0.2, 0) is 14.3 Å². The van der Waals surface area contributed by atoms with E-state index >= 15 is 0 Å². The van der Waals surface area contributed by atoms with Crippen molar-refractivity contribution in [3.63, 3.8) is 0 Å². The van der Waals surface area contributed by atoms with E-state index in [-0.39, 0.29) is 19.1 Å². The predicted molar refractivity (Wildman–Crippen MR) is 70.5 cm³/mol. The molecule has 0 aromatic heterocycles. The van der Waals surface area contributed by atoms with Gasteiger partial charge in [-0.15, -0.1) is 0 Å². The summed E-state index contributed by atoms with van der Waals surface area (Å²) >= 11 is 5.91. The Morgan fingerprint density at radius 3 is 2.95 bits per heavy atom. The second-order valence-electron chi connectivity index (χ2n) is 4.10. The minimum Gasteiger partial charge on any atom is -0.479 e. The van der Waals surface area contributed by atoms with Gasteiger partial charge in [0.25, 0.3) is 5.91 Å². The molecule has 0 aliphatic carbocycles. The van der Waals surface area contributed by atoms with Crippen molar-refractivity contribution in [2.75, 3.05) is 18.1 Å². The molecule has 0 spiro atoms. The molecular formula is C13H14ClNO4. The highest BCUT2D eigenvalue weighted by Gasteiger charge is 2.33. The van der Waals surface area contributed by atoms with Crippen molar-refractivity contribution in [2.45, 2.75) is 20.0 Å². The first-order valence-electron chi connectivity index (χ1n) is 5.96. The number of carbonyl (C=O) groups is 2. The van der Waals surface area contributed by atoms with Gasteiger partial charge in [0, 0.05) is 5.02 Å². The number of amides is 1. The van der Waals surface area contributed by atoms with Crippen LogP contribution in [0.3, 0.4) is 0 Å². The average Bonchev–Trinajstić information content (AvgIpc) is 2.36. The fourth-order valence-corrected chi connectivity index (χ4v) is 2.05. The summed E-state index contributed by atoms with van der Waals surface area (Å²) in [5, 5.41) is 0.471. The summed E-state index contributed by atoms with van der Waals surface area (Å²) < 4.78 is 10.3. The normalized spacial score (nSPS) is 17.7. The third-order valence-electron chi connectivity index (χ3n) is 2.72. The summed E-state index contributed by atoms with van der Waals surface area (Å²) in [7, 11) is 0. The highest BCUT2D eigenvalue weighted by molar-refractivity contribution is 6.31. The first-order valence-corrected chi connectivity index (χ1v) is 6.34. The Kier molecular flexibility index (Phi) is 3.95. The number of esters is 1. The van der Waals surface area contributed by atoms with Gasteiger partial charge in [0.15, 0.2) is 6.10 Å². The van der Waals surface area contributed by atoms with Crippen LogP contribution < -0.4 is 9.64 Å². The van der Waals surface area contributed by atoms with E-state index in [0.29, 0.717) is 16.5 Å². The van der Waals surface area contributed by atoms with Crippen LogP contribution in [0.2, 0.25) is 5.02 Å². The first kappa shape index (κ1) is 13.7. The zero-order valence-corrected chi connectivity index (χ0v) is 11.4. The maximum absolute atomic E-state index is 12.1. The number of carbonyl (C=O) groups excluding carboxylic acids is 2. The van der Waals surface area contributed by atoms with Crippen LogP contribution >= 0.6 is 11.6 Å². The smallest absolute Gasteiger partial charge is 0.326 e. The molecule has 1 amide bonds. The molecule has 6 heteroatoms. The minimum absolute atomic E-state index is 0.145. The largest absolute Gasteiger partial charge is 0.479 e. The van der Waals surface area contributed by atoms with Crippen LogP contribution in [-0.4, -0.2) is 31.1 Å². The quantitative estimate of drug-likeness (QED) is 0.797. The summed E-state index contributed by atoms with van der Waals surface area (Å²) in [6, 6.07) is 4.95. The van der Waals surface area contributed by atoms with Crippen molar-refractivity contribution in [3.8, 4) is 5.75 Å². The van der Waals surface area contributed by atoms with Crippen molar-refractivity contribution >= 4 is 29.2 Å². The SMILES string of the molecule is CCOC(=O)CN1C(=O)[C@@H](C)Oc2ccc(Cl)cc21. The van der Waals surface area contributed by atoms with Crippen LogP contribution in [0.25, 0.3) is 0 Å². The van der Waals surface area contributed by atoms with Gasteiger partial charge in [-0.3, -0.25) is 14.5 Å². The van der Waals surface area contributed by atoms with Crippen molar-refractivity contribution in [3.05, 3.63) is 23.2 Å². The average molecular weight is 284 g/mol. The minimum atomic E-state index is -0.636. The zero-order valence-electron chi connectivity index (χ0n) is 10.7. The molecule has 102 valence electrons. The van der Waals surface area contributed by atoms with Gasteiger partial charge in [0.1, 0.15) is 12.3 Å². The van der Waals surface area contributed by atoms with E-state index in [4.69, 9.17) is 21.1 Å². The van der Waals surface area contributed by atoms with E-state index in [1.54, 1.807) is 32.0 Å². The third-order valence-corrected chi connectivity index (χ3v) is 2.96. The molecule has 1 heterocycles. The molecule has 2 rings (SSSR count). The Morgan fingerprint density at radius 2 is 2.26 bits per heavy atom. The van der Waals surface area contributed by atoms with Gasteiger partial charge in [0.05, 0.1) is 12.3 Å². The Bertz CT molecular complexity index is 517. The van der Waals surface area contributed by atoms with Crippen LogP contribution in [0.5, 0.6) is 5.75 Å². The Labute approximate surface area is 116 Å². The highest BCUT2D eigenvalue weighted by Crippen LogP contribution is 2.35. The Morgan fingerprint density at radius 1 is 1.53 bits per heavy atom. The lowest BCUT2D eigenvalue weighted by Crippen LogP contribution is -2.47. The summed E-state index contributed by atoms with van der Waals surface area (Å²) in [6.07, 6.45) is -0.636. The van der Waals surface area contributed by atoms with Gasteiger partial charge in [0.2, 0.25) is 0 Å². The molecule has 0 bridgehead atoms. The van der Waals surface area contributed by atoms with E-state index in [2.05, 4.69) is 0 Å². The lowest BCUT2D eigenvalue weighted by molar-refractivity contribution is -0.143. The Hall–Kier alpha value is -1.75. The highest BCUT2D eigenvalue weighted by atomic mass is 35.5. The maximum Gasteiger partial charge on any atom is 0.326 e. The lowest BCUT2D eigenvalue weighted by atomic mass is 10.2.